The maximum Gasteiger partial charge on any atom is 0.231 e. The quantitative estimate of drug-likeness (QED) is 0.508. The summed E-state index contributed by atoms with van der Waals surface area (Å²) in [4.78, 5) is 0.932. The topological polar surface area (TPSA) is 55.5 Å². The molecule has 0 bridgehead atoms. The van der Waals surface area contributed by atoms with Crippen LogP contribution in [0.15, 0.2) is 39.8 Å². The highest BCUT2D eigenvalue weighted by Gasteiger charge is 2.19. The molecule has 2 heterocycles. The molecule has 92 valence electrons. The van der Waals surface area contributed by atoms with Gasteiger partial charge in [-0.15, -0.1) is 0 Å². The van der Waals surface area contributed by atoms with Gasteiger partial charge in [0.25, 0.3) is 0 Å². The first-order valence-electron chi connectivity index (χ1n) is 5.44. The first kappa shape index (κ1) is 11.2. The third-order valence-electron chi connectivity index (χ3n) is 2.52. The number of benzene rings is 1. The number of rotatable bonds is 2. The van der Waals surface area contributed by atoms with Crippen LogP contribution in [0.3, 0.4) is 0 Å². The average Bonchev–Trinajstić information content (AvgIpc) is 2.97. The molecule has 5 heteroatoms. The molecule has 18 heavy (non-hydrogen) atoms. The number of hydrogen-bond donors (Lipinski definition) is 1. The van der Waals surface area contributed by atoms with E-state index >= 15 is 0 Å². The van der Waals surface area contributed by atoms with E-state index in [4.69, 9.17) is 19.3 Å². The summed E-state index contributed by atoms with van der Waals surface area (Å²) in [5.41, 5.74) is 0.917. The molecule has 0 spiro atoms. The fourth-order valence-corrected chi connectivity index (χ4v) is 2.56. The summed E-state index contributed by atoms with van der Waals surface area (Å²) in [7, 11) is 0. The minimum Gasteiger partial charge on any atom is -0.464 e. The Morgan fingerprint density at radius 3 is 2.72 bits per heavy atom. The van der Waals surface area contributed by atoms with Crippen molar-refractivity contribution in [1.82, 2.24) is 0 Å². The molecule has 2 aromatic rings. The molecule has 0 radical (unpaired) electrons. The van der Waals surface area contributed by atoms with Gasteiger partial charge in [0.1, 0.15) is 5.76 Å². The molecule has 1 aliphatic rings. The second-order valence-corrected chi connectivity index (χ2v) is 5.09. The van der Waals surface area contributed by atoms with E-state index in [0.29, 0.717) is 16.5 Å². The van der Waals surface area contributed by atoms with Gasteiger partial charge < -0.3 is 13.9 Å². The van der Waals surface area contributed by atoms with Crippen molar-refractivity contribution in [3.8, 4) is 22.8 Å². The van der Waals surface area contributed by atoms with Crippen LogP contribution in [-0.2, 0) is 0 Å². The van der Waals surface area contributed by atoms with Crippen LogP contribution in [0.4, 0.5) is 0 Å². The van der Waals surface area contributed by atoms with Crippen LogP contribution in [-0.4, -0.2) is 11.8 Å². The Kier molecular flexibility index (Phi) is 2.76. The number of nitrogens with one attached hydrogen (secondary N) is 1. The van der Waals surface area contributed by atoms with Crippen LogP contribution >= 0.6 is 11.8 Å². The Morgan fingerprint density at radius 2 is 2.06 bits per heavy atom. The van der Waals surface area contributed by atoms with Crippen molar-refractivity contribution in [2.45, 2.75) is 11.8 Å². The Morgan fingerprint density at radius 1 is 1.28 bits per heavy atom. The summed E-state index contributed by atoms with van der Waals surface area (Å²) in [5, 5.41) is 8.13. The molecule has 0 saturated carbocycles. The van der Waals surface area contributed by atoms with Gasteiger partial charge in [-0.3, -0.25) is 5.41 Å². The van der Waals surface area contributed by atoms with Gasteiger partial charge in [-0.1, -0.05) is 11.8 Å². The number of fused-ring (bicyclic) bond motifs is 1. The predicted molar refractivity (Wildman–Crippen MR) is 69.5 cm³/mol. The van der Waals surface area contributed by atoms with Crippen molar-refractivity contribution in [1.29, 1.82) is 5.41 Å². The molecule has 1 aliphatic heterocycles. The Balaban J connectivity index is 2.12. The highest BCUT2D eigenvalue weighted by Crippen LogP contribution is 2.42. The van der Waals surface area contributed by atoms with E-state index in [0.717, 1.165) is 16.2 Å². The van der Waals surface area contributed by atoms with Crippen LogP contribution in [0.25, 0.3) is 11.3 Å². The highest BCUT2D eigenvalue weighted by atomic mass is 32.2. The van der Waals surface area contributed by atoms with Crippen molar-refractivity contribution >= 4 is 16.8 Å². The van der Waals surface area contributed by atoms with Gasteiger partial charge >= 0.3 is 0 Å². The zero-order valence-corrected chi connectivity index (χ0v) is 10.5. The molecule has 0 unspecified atom stereocenters. The minimum atomic E-state index is 0.241. The molecule has 4 nitrogen and oxygen atoms in total. The van der Waals surface area contributed by atoms with Crippen LogP contribution in [0.2, 0.25) is 0 Å². The molecule has 1 aromatic carbocycles. The Bertz CT molecular complexity index is 593. The van der Waals surface area contributed by atoms with Crippen molar-refractivity contribution in [2.75, 3.05) is 6.79 Å². The lowest BCUT2D eigenvalue weighted by molar-refractivity contribution is 0.174. The molecule has 0 saturated heterocycles. The summed E-state index contributed by atoms with van der Waals surface area (Å²) in [6.45, 7) is 1.99. The minimum absolute atomic E-state index is 0.241. The maximum atomic E-state index is 7.61. The van der Waals surface area contributed by atoms with Gasteiger partial charge in [-0.25, -0.2) is 0 Å². The zero-order chi connectivity index (χ0) is 12.5. The Labute approximate surface area is 108 Å². The third-order valence-corrected chi connectivity index (χ3v) is 3.39. The lowest BCUT2D eigenvalue weighted by Gasteiger charge is -2.08. The molecule has 1 aromatic heterocycles. The van der Waals surface area contributed by atoms with E-state index in [1.54, 1.807) is 13.2 Å². The first-order valence-corrected chi connectivity index (χ1v) is 6.26. The molecule has 0 amide bonds. The molecule has 3 rings (SSSR count). The largest absolute Gasteiger partial charge is 0.464 e. The summed E-state index contributed by atoms with van der Waals surface area (Å²) in [5.74, 6) is 2.19. The zero-order valence-electron chi connectivity index (χ0n) is 9.73. The van der Waals surface area contributed by atoms with E-state index in [-0.39, 0.29) is 6.79 Å². The molecule has 1 N–H and O–H groups in total. The second-order valence-electron chi connectivity index (χ2n) is 3.84. The van der Waals surface area contributed by atoms with Crippen LogP contribution in [0, 0.1) is 5.41 Å². The summed E-state index contributed by atoms with van der Waals surface area (Å²) in [6.07, 6.45) is 1.63. The number of furan rings is 1. The fraction of sp³-hybridized carbons (Fsp3) is 0.154. The van der Waals surface area contributed by atoms with E-state index in [2.05, 4.69) is 0 Å². The molecule has 0 atom stereocenters. The molecular weight excluding hydrogens is 250 g/mol. The SMILES string of the molecule is CC(=N)Sc1cc2c(cc1-c1ccco1)OCO2. The fourth-order valence-electron chi connectivity index (χ4n) is 1.80. The molecule has 0 aliphatic carbocycles. The lowest BCUT2D eigenvalue weighted by atomic mass is 10.1. The second kappa shape index (κ2) is 4.42. The van der Waals surface area contributed by atoms with E-state index < -0.39 is 0 Å². The van der Waals surface area contributed by atoms with Crippen molar-refractivity contribution < 1.29 is 13.9 Å². The van der Waals surface area contributed by atoms with Gasteiger partial charge in [0.15, 0.2) is 11.5 Å². The molecule has 0 fully saturated rings. The highest BCUT2D eigenvalue weighted by molar-refractivity contribution is 8.13. The van der Waals surface area contributed by atoms with Gasteiger partial charge in [0.05, 0.1) is 11.3 Å². The van der Waals surface area contributed by atoms with E-state index in [9.17, 15) is 0 Å². The standard InChI is InChI=1S/C13H11NO3S/c1-8(14)18-13-6-12-11(16-7-17-12)5-9(13)10-3-2-4-15-10/h2-6,14H,7H2,1H3. The summed E-state index contributed by atoms with van der Waals surface area (Å²) < 4.78 is 16.1. The summed E-state index contributed by atoms with van der Waals surface area (Å²) >= 11 is 1.38. The smallest absolute Gasteiger partial charge is 0.231 e. The molecular formula is C13H11NO3S. The van der Waals surface area contributed by atoms with E-state index in [1.165, 1.54) is 11.8 Å². The monoisotopic (exact) mass is 261 g/mol. The first-order chi connectivity index (χ1) is 8.74. The third kappa shape index (κ3) is 1.97. The van der Waals surface area contributed by atoms with Gasteiger partial charge in [0.2, 0.25) is 6.79 Å². The number of ether oxygens (including phenoxy) is 2. The normalized spacial score (nSPS) is 12.7. The predicted octanol–water partition coefficient (Wildman–Crippen LogP) is 3.76. The van der Waals surface area contributed by atoms with Gasteiger partial charge in [0, 0.05) is 10.5 Å². The van der Waals surface area contributed by atoms with E-state index in [1.807, 2.05) is 24.3 Å². The van der Waals surface area contributed by atoms with Crippen molar-refractivity contribution in [3.05, 3.63) is 30.5 Å². The van der Waals surface area contributed by atoms with Crippen LogP contribution < -0.4 is 9.47 Å². The summed E-state index contributed by atoms with van der Waals surface area (Å²) in [6, 6.07) is 7.52. The average molecular weight is 261 g/mol. The van der Waals surface area contributed by atoms with Crippen LogP contribution in [0.1, 0.15) is 6.92 Å². The van der Waals surface area contributed by atoms with Crippen LogP contribution in [0.5, 0.6) is 11.5 Å². The van der Waals surface area contributed by atoms with Gasteiger partial charge in [-0.05, 0) is 31.2 Å². The number of thioether (sulfide) groups is 1. The van der Waals surface area contributed by atoms with Crippen molar-refractivity contribution in [3.63, 3.8) is 0 Å². The lowest BCUT2D eigenvalue weighted by Crippen LogP contribution is -1.92. The maximum absolute atomic E-state index is 7.61. The van der Waals surface area contributed by atoms with Crippen molar-refractivity contribution in [2.24, 2.45) is 0 Å². The van der Waals surface area contributed by atoms with Gasteiger partial charge in [-0.2, -0.15) is 0 Å². The number of hydrogen-bond acceptors (Lipinski definition) is 5. The Hall–Kier alpha value is -1.88.